The first-order valence-electron chi connectivity index (χ1n) is 12.8. The third kappa shape index (κ3) is 7.49. The summed E-state index contributed by atoms with van der Waals surface area (Å²) < 4.78 is 21.9. The van der Waals surface area contributed by atoms with Gasteiger partial charge < -0.3 is 28.7 Å². The number of hydrogen-bond acceptors (Lipinski definition) is 7. The van der Waals surface area contributed by atoms with Gasteiger partial charge in [-0.3, -0.25) is 9.59 Å². The van der Waals surface area contributed by atoms with E-state index < -0.39 is 0 Å². The molecule has 2 heterocycles. The van der Waals surface area contributed by atoms with Gasteiger partial charge >= 0.3 is 0 Å². The maximum absolute atomic E-state index is 13.6. The van der Waals surface area contributed by atoms with Crippen molar-refractivity contribution in [2.24, 2.45) is 0 Å². The fourth-order valence-electron chi connectivity index (χ4n) is 4.01. The van der Waals surface area contributed by atoms with Gasteiger partial charge in [0, 0.05) is 30.6 Å². The van der Waals surface area contributed by atoms with Gasteiger partial charge in [-0.05, 0) is 59.8 Å². The van der Waals surface area contributed by atoms with Crippen molar-refractivity contribution >= 4 is 23.2 Å². The number of methoxy groups -OCH3 is 1. The van der Waals surface area contributed by atoms with Crippen LogP contribution in [-0.2, 0) is 22.6 Å². The van der Waals surface area contributed by atoms with Gasteiger partial charge in [-0.1, -0.05) is 25.5 Å². The molecule has 9 heteroatoms. The lowest BCUT2D eigenvalue weighted by Crippen LogP contribution is -2.43. The molecule has 1 aliphatic heterocycles. The molecule has 0 atom stereocenters. The number of unbranched alkanes of at least 4 members (excludes halogenated alkanes) is 1. The van der Waals surface area contributed by atoms with E-state index in [-0.39, 0.29) is 25.2 Å². The Morgan fingerprint density at radius 1 is 0.974 bits per heavy atom. The molecule has 0 saturated heterocycles. The minimum atomic E-state index is -0.227. The largest absolute Gasteiger partial charge is 0.494 e. The monoisotopic (exact) mass is 538 g/mol. The molecule has 0 bridgehead atoms. The molecule has 0 radical (unpaired) electrons. The molecule has 8 nitrogen and oxygen atoms in total. The number of ether oxygens (including phenoxy) is 4. The van der Waals surface area contributed by atoms with Gasteiger partial charge in [-0.15, -0.1) is 11.3 Å². The van der Waals surface area contributed by atoms with Crippen LogP contribution in [0.5, 0.6) is 17.2 Å². The zero-order valence-corrected chi connectivity index (χ0v) is 22.7. The third-order valence-corrected chi connectivity index (χ3v) is 7.00. The van der Waals surface area contributed by atoms with E-state index in [9.17, 15) is 9.59 Å². The normalized spacial score (nSPS) is 11.8. The standard InChI is InChI=1S/C29H34N2O6S/c1-3-4-14-35-24-10-8-23(9-11-24)29(33)30(13-15-34-2)20-28(32)31(19-25-6-5-16-38-25)18-22-7-12-26-27(17-22)37-21-36-26/h5-12,16-17H,3-4,13-15,18-21H2,1-2H3. The molecule has 1 aromatic heterocycles. The van der Waals surface area contributed by atoms with Gasteiger partial charge in [0.2, 0.25) is 12.7 Å². The third-order valence-electron chi connectivity index (χ3n) is 6.14. The lowest BCUT2D eigenvalue weighted by molar-refractivity contribution is -0.133. The van der Waals surface area contributed by atoms with Crippen molar-refractivity contribution < 1.29 is 28.5 Å². The highest BCUT2D eigenvalue weighted by Gasteiger charge is 2.24. The van der Waals surface area contributed by atoms with E-state index in [0.717, 1.165) is 29.0 Å². The second-order valence-electron chi connectivity index (χ2n) is 8.96. The van der Waals surface area contributed by atoms with Gasteiger partial charge in [0.05, 0.1) is 19.8 Å². The maximum Gasteiger partial charge on any atom is 0.254 e. The Labute approximate surface area is 227 Å². The number of hydrogen-bond donors (Lipinski definition) is 0. The van der Waals surface area contributed by atoms with Crippen molar-refractivity contribution in [3.63, 3.8) is 0 Å². The Morgan fingerprint density at radius 2 is 1.79 bits per heavy atom. The van der Waals surface area contributed by atoms with Crippen LogP contribution in [0.3, 0.4) is 0 Å². The van der Waals surface area contributed by atoms with Crippen LogP contribution in [0.4, 0.5) is 0 Å². The summed E-state index contributed by atoms with van der Waals surface area (Å²) in [4.78, 5) is 31.4. The Bertz CT molecular complexity index is 1180. The molecule has 0 fully saturated rings. The first kappa shape index (κ1) is 27.5. The summed E-state index contributed by atoms with van der Waals surface area (Å²) >= 11 is 1.59. The second-order valence-corrected chi connectivity index (χ2v) is 9.99. The van der Waals surface area contributed by atoms with Gasteiger partial charge in [0.25, 0.3) is 5.91 Å². The molecule has 1 aliphatic rings. The molecule has 0 N–H and O–H groups in total. The highest BCUT2D eigenvalue weighted by atomic mass is 32.1. The first-order valence-corrected chi connectivity index (χ1v) is 13.6. The zero-order valence-electron chi connectivity index (χ0n) is 21.9. The molecular weight excluding hydrogens is 504 g/mol. The van der Waals surface area contributed by atoms with E-state index >= 15 is 0 Å². The number of carbonyl (C=O) groups excluding carboxylic acids is 2. The van der Waals surface area contributed by atoms with Crippen LogP contribution >= 0.6 is 11.3 Å². The SMILES string of the molecule is CCCCOc1ccc(C(=O)N(CCOC)CC(=O)N(Cc2ccc3c(c2)OCO3)Cc2cccs2)cc1. The molecule has 2 amide bonds. The van der Waals surface area contributed by atoms with Crippen molar-refractivity contribution in [3.8, 4) is 17.2 Å². The van der Waals surface area contributed by atoms with Crippen LogP contribution in [0, 0.1) is 0 Å². The fourth-order valence-corrected chi connectivity index (χ4v) is 4.73. The zero-order chi connectivity index (χ0) is 26.7. The Kier molecular flexibility index (Phi) is 10.0. The highest BCUT2D eigenvalue weighted by molar-refractivity contribution is 7.09. The van der Waals surface area contributed by atoms with Crippen LogP contribution in [0.1, 0.15) is 40.6 Å². The summed E-state index contributed by atoms with van der Waals surface area (Å²) in [5, 5.41) is 1.99. The molecule has 3 aromatic rings. The number of nitrogens with zero attached hydrogens (tertiary/aromatic N) is 2. The smallest absolute Gasteiger partial charge is 0.254 e. The van der Waals surface area contributed by atoms with Crippen molar-refractivity contribution in [2.45, 2.75) is 32.9 Å². The molecule has 0 saturated carbocycles. The average molecular weight is 539 g/mol. The second kappa shape index (κ2) is 13.8. The predicted octanol–water partition coefficient (Wildman–Crippen LogP) is 4.97. The average Bonchev–Trinajstić information content (AvgIpc) is 3.62. The van der Waals surface area contributed by atoms with E-state index in [4.69, 9.17) is 18.9 Å². The summed E-state index contributed by atoms with van der Waals surface area (Å²) in [6, 6.07) is 16.7. The number of fused-ring (bicyclic) bond motifs is 1. The highest BCUT2D eigenvalue weighted by Crippen LogP contribution is 2.33. The van der Waals surface area contributed by atoms with Crippen LogP contribution in [0.25, 0.3) is 0 Å². The number of thiophene rings is 1. The van der Waals surface area contributed by atoms with Crippen molar-refractivity contribution in [2.75, 3.05) is 40.2 Å². The fraction of sp³-hybridized carbons (Fsp3) is 0.379. The molecule has 38 heavy (non-hydrogen) atoms. The van der Waals surface area contributed by atoms with Gasteiger partial charge in [0.1, 0.15) is 12.3 Å². The Hall–Kier alpha value is -3.56. The van der Waals surface area contributed by atoms with E-state index in [1.807, 2.05) is 35.7 Å². The Balaban J connectivity index is 1.48. The maximum atomic E-state index is 13.6. The van der Waals surface area contributed by atoms with Gasteiger partial charge in [-0.2, -0.15) is 0 Å². The molecular formula is C29H34N2O6S. The molecule has 0 unspecified atom stereocenters. The number of carbonyl (C=O) groups is 2. The lowest BCUT2D eigenvalue weighted by Gasteiger charge is -2.28. The lowest BCUT2D eigenvalue weighted by atomic mass is 10.1. The number of benzene rings is 2. The molecule has 0 aliphatic carbocycles. The summed E-state index contributed by atoms with van der Waals surface area (Å²) in [5.41, 5.74) is 1.42. The molecule has 202 valence electrons. The van der Waals surface area contributed by atoms with Gasteiger partial charge in [-0.25, -0.2) is 0 Å². The van der Waals surface area contributed by atoms with Gasteiger partial charge in [0.15, 0.2) is 11.5 Å². The summed E-state index contributed by atoms with van der Waals surface area (Å²) in [5.74, 6) is 1.71. The summed E-state index contributed by atoms with van der Waals surface area (Å²) in [6.07, 6.45) is 2.03. The van der Waals surface area contributed by atoms with Crippen LogP contribution in [0.2, 0.25) is 0 Å². The minimum absolute atomic E-state index is 0.0626. The molecule has 4 rings (SSSR count). The quantitative estimate of drug-likeness (QED) is 0.270. The molecule has 0 spiro atoms. The van der Waals surface area contributed by atoms with E-state index in [2.05, 4.69) is 6.92 Å². The van der Waals surface area contributed by atoms with Crippen LogP contribution in [0.15, 0.2) is 60.0 Å². The van der Waals surface area contributed by atoms with E-state index in [1.165, 1.54) is 0 Å². The molecule has 2 aromatic carbocycles. The minimum Gasteiger partial charge on any atom is -0.494 e. The van der Waals surface area contributed by atoms with Crippen molar-refractivity contribution in [1.29, 1.82) is 0 Å². The van der Waals surface area contributed by atoms with E-state index in [1.54, 1.807) is 52.5 Å². The first-order chi connectivity index (χ1) is 18.6. The Morgan fingerprint density at radius 3 is 2.53 bits per heavy atom. The van der Waals surface area contributed by atoms with Crippen molar-refractivity contribution in [1.82, 2.24) is 9.80 Å². The number of amides is 2. The predicted molar refractivity (Wildman–Crippen MR) is 146 cm³/mol. The van der Waals surface area contributed by atoms with Crippen LogP contribution in [-0.4, -0.2) is 61.8 Å². The summed E-state index contributed by atoms with van der Waals surface area (Å²) in [6.45, 7) is 4.33. The van der Waals surface area contributed by atoms with Crippen LogP contribution < -0.4 is 14.2 Å². The number of rotatable bonds is 14. The van der Waals surface area contributed by atoms with Crippen molar-refractivity contribution in [3.05, 3.63) is 76.0 Å². The summed E-state index contributed by atoms with van der Waals surface area (Å²) in [7, 11) is 1.58. The van der Waals surface area contributed by atoms with E-state index in [0.29, 0.717) is 49.9 Å². The topological polar surface area (TPSA) is 77.5 Å².